The standard InChI is InChI=1S/C44H47Cl3N4O9/c1-3-32-35(53-25-28-17-9-5-10-18-28)37(54-26-29-19-11-6-12-20-29)34(50-51-49)41(56-32)59-36-33(4-2)57-42(60-43(48)44(45,46)47)39(58-40(52)31-23-15-8-16-24-31)38(36)55-27-30-21-13-7-14-22-30/h5-24,32-39,41-42,48H,3-4,25-27H2,1-2H3/t32?,33?,34?,35-,36-,37-,38+,39?,41-,42?/m0/s1. The highest BCUT2D eigenvalue weighted by Gasteiger charge is 2.55. The normalized spacial score (nSPS) is 26.7. The first-order chi connectivity index (χ1) is 29.1. The lowest BCUT2D eigenvalue weighted by atomic mass is 9.93. The minimum absolute atomic E-state index is 0.0386. The van der Waals surface area contributed by atoms with Crippen molar-refractivity contribution in [2.24, 2.45) is 5.11 Å². The molecule has 2 fully saturated rings. The summed E-state index contributed by atoms with van der Waals surface area (Å²) in [6.45, 7) is 4.26. The molecular formula is C44H47Cl3N4O9. The van der Waals surface area contributed by atoms with Crippen molar-refractivity contribution in [3.8, 4) is 0 Å². The molecule has 0 aromatic heterocycles. The number of nitrogens with zero attached hydrogens (tertiary/aromatic N) is 3. The number of esters is 1. The molecule has 13 nitrogen and oxygen atoms in total. The number of nitrogens with one attached hydrogen (secondary N) is 1. The molecule has 4 aromatic carbocycles. The van der Waals surface area contributed by atoms with E-state index in [1.807, 2.05) is 105 Å². The van der Waals surface area contributed by atoms with Crippen molar-refractivity contribution in [2.75, 3.05) is 0 Å². The van der Waals surface area contributed by atoms with Gasteiger partial charge in [-0.3, -0.25) is 5.41 Å². The van der Waals surface area contributed by atoms with E-state index in [2.05, 4.69) is 10.0 Å². The van der Waals surface area contributed by atoms with Gasteiger partial charge in [-0.25, -0.2) is 4.79 Å². The van der Waals surface area contributed by atoms with Crippen LogP contribution in [0.3, 0.4) is 0 Å². The third kappa shape index (κ3) is 12.0. The van der Waals surface area contributed by atoms with Crippen molar-refractivity contribution in [2.45, 2.75) is 112 Å². The first-order valence-corrected chi connectivity index (χ1v) is 20.8. The molecule has 2 heterocycles. The maximum absolute atomic E-state index is 13.8. The number of carbonyl (C=O) groups is 1. The van der Waals surface area contributed by atoms with Gasteiger partial charge in [-0.2, -0.15) is 0 Å². The Morgan fingerprint density at radius 3 is 1.58 bits per heavy atom. The first kappa shape index (κ1) is 45.3. The average molecular weight is 882 g/mol. The van der Waals surface area contributed by atoms with Crippen LogP contribution in [-0.2, 0) is 57.7 Å². The topological polar surface area (TPSA) is 164 Å². The van der Waals surface area contributed by atoms with Crippen LogP contribution in [0, 0.1) is 5.41 Å². The lowest BCUT2D eigenvalue weighted by Gasteiger charge is -2.49. The number of benzene rings is 4. The van der Waals surface area contributed by atoms with Crippen molar-refractivity contribution in [3.05, 3.63) is 154 Å². The van der Waals surface area contributed by atoms with Gasteiger partial charge in [-0.15, -0.1) is 0 Å². The van der Waals surface area contributed by atoms with Gasteiger partial charge in [0.1, 0.15) is 30.5 Å². The lowest BCUT2D eigenvalue weighted by molar-refractivity contribution is -0.343. The van der Waals surface area contributed by atoms with Gasteiger partial charge in [-0.1, -0.05) is 163 Å². The van der Waals surface area contributed by atoms with E-state index in [-0.39, 0.29) is 25.4 Å². The summed E-state index contributed by atoms with van der Waals surface area (Å²) in [4.78, 5) is 17.0. The summed E-state index contributed by atoms with van der Waals surface area (Å²) in [6, 6.07) is 35.9. The highest BCUT2D eigenvalue weighted by atomic mass is 35.6. The minimum atomic E-state index is -2.27. The van der Waals surface area contributed by atoms with Crippen LogP contribution in [0.4, 0.5) is 0 Å². The molecule has 0 amide bonds. The van der Waals surface area contributed by atoms with Gasteiger partial charge in [0, 0.05) is 4.91 Å². The zero-order valence-electron chi connectivity index (χ0n) is 33.0. The number of ether oxygens (including phenoxy) is 8. The van der Waals surface area contributed by atoms with E-state index in [0.29, 0.717) is 12.8 Å². The summed E-state index contributed by atoms with van der Waals surface area (Å²) in [5.41, 5.74) is 12.9. The quantitative estimate of drug-likeness (QED) is 0.0207. The molecule has 0 aliphatic carbocycles. The smallest absolute Gasteiger partial charge is 0.338 e. The number of carbonyl (C=O) groups excluding carboxylic acids is 1. The molecular weight excluding hydrogens is 835 g/mol. The number of rotatable bonds is 17. The Kier molecular flexibility index (Phi) is 16.6. The maximum Gasteiger partial charge on any atom is 0.338 e. The van der Waals surface area contributed by atoms with E-state index in [1.165, 1.54) is 0 Å². The molecule has 0 bridgehead atoms. The van der Waals surface area contributed by atoms with Crippen molar-refractivity contribution < 1.29 is 42.7 Å². The lowest BCUT2D eigenvalue weighted by Crippen LogP contribution is -2.65. The van der Waals surface area contributed by atoms with Crippen LogP contribution in [-0.4, -0.2) is 77.0 Å². The molecule has 10 atom stereocenters. The zero-order valence-corrected chi connectivity index (χ0v) is 35.3. The van der Waals surface area contributed by atoms with E-state index >= 15 is 0 Å². The monoisotopic (exact) mass is 880 g/mol. The molecule has 1 N–H and O–H groups in total. The second-order valence-electron chi connectivity index (χ2n) is 14.2. The van der Waals surface area contributed by atoms with E-state index in [0.717, 1.165) is 16.7 Å². The number of halogens is 3. The summed E-state index contributed by atoms with van der Waals surface area (Å²) in [5.74, 6) is -1.50. The van der Waals surface area contributed by atoms with E-state index < -0.39 is 77.0 Å². The fourth-order valence-electron chi connectivity index (χ4n) is 7.09. The summed E-state index contributed by atoms with van der Waals surface area (Å²) < 4.78 is 49.6. The van der Waals surface area contributed by atoms with Gasteiger partial charge < -0.3 is 37.9 Å². The predicted molar refractivity (Wildman–Crippen MR) is 226 cm³/mol. The molecule has 6 rings (SSSR count). The van der Waals surface area contributed by atoms with Crippen LogP contribution >= 0.6 is 34.8 Å². The van der Waals surface area contributed by atoms with Crippen LogP contribution in [0.25, 0.3) is 10.4 Å². The van der Waals surface area contributed by atoms with Crippen molar-refractivity contribution in [1.29, 1.82) is 5.41 Å². The van der Waals surface area contributed by atoms with Crippen molar-refractivity contribution in [3.63, 3.8) is 0 Å². The largest absolute Gasteiger partial charge is 0.449 e. The van der Waals surface area contributed by atoms with E-state index in [4.69, 9.17) is 78.1 Å². The van der Waals surface area contributed by atoms with Crippen LogP contribution in [0.2, 0.25) is 0 Å². The molecule has 0 radical (unpaired) electrons. The van der Waals surface area contributed by atoms with Crippen LogP contribution in [0.5, 0.6) is 0 Å². The number of hydrogen-bond donors (Lipinski definition) is 1. The highest BCUT2D eigenvalue weighted by Crippen LogP contribution is 2.38. The predicted octanol–water partition coefficient (Wildman–Crippen LogP) is 9.67. The molecule has 0 spiro atoms. The minimum Gasteiger partial charge on any atom is -0.449 e. The third-order valence-corrected chi connectivity index (χ3v) is 10.6. The number of alkyl halides is 3. The van der Waals surface area contributed by atoms with Gasteiger partial charge in [0.15, 0.2) is 12.4 Å². The van der Waals surface area contributed by atoms with E-state index in [1.54, 1.807) is 30.3 Å². The Bertz CT molecular complexity index is 2000. The Labute approximate surface area is 364 Å². The molecule has 4 aromatic rings. The molecule has 16 heteroatoms. The second-order valence-corrected chi connectivity index (χ2v) is 16.4. The van der Waals surface area contributed by atoms with Gasteiger partial charge in [0.25, 0.3) is 3.79 Å². The Balaban J connectivity index is 1.38. The van der Waals surface area contributed by atoms with Gasteiger partial charge >= 0.3 is 5.97 Å². The molecule has 0 saturated carbocycles. The third-order valence-electron chi connectivity index (χ3n) is 10.1. The van der Waals surface area contributed by atoms with Crippen LogP contribution < -0.4 is 0 Å². The van der Waals surface area contributed by atoms with Crippen molar-refractivity contribution >= 4 is 46.7 Å². The first-order valence-electron chi connectivity index (χ1n) is 19.6. The zero-order chi connectivity index (χ0) is 42.5. The molecule has 60 heavy (non-hydrogen) atoms. The Hall–Kier alpha value is -4.24. The molecule has 318 valence electrons. The SMILES string of the molecule is CCC1OC(OC(=N)C(Cl)(Cl)Cl)C(OC(=O)c2ccccc2)[C@H](OCc2ccccc2)[C@H]1O[C@@H]1OC(CC)[C@H](OCc2ccccc2)[C@@H](OCc2ccccc2)C1N=[N+]=[N-]. The molecule has 5 unspecified atom stereocenters. The number of hydrogen-bond acceptors (Lipinski definition) is 11. The highest BCUT2D eigenvalue weighted by molar-refractivity contribution is 6.76. The Morgan fingerprint density at radius 2 is 1.10 bits per heavy atom. The molecule has 2 saturated heterocycles. The number of azide groups is 1. The average Bonchev–Trinajstić information content (AvgIpc) is 3.27. The van der Waals surface area contributed by atoms with Crippen molar-refractivity contribution in [1.82, 2.24) is 0 Å². The fraction of sp³-hybridized carbons (Fsp3) is 0.409. The second kappa shape index (κ2) is 22.0. The van der Waals surface area contributed by atoms with Crippen LogP contribution in [0.15, 0.2) is 126 Å². The summed E-state index contributed by atoms with van der Waals surface area (Å²) in [7, 11) is 0. The fourth-order valence-corrected chi connectivity index (χ4v) is 7.23. The molecule has 2 aliphatic heterocycles. The van der Waals surface area contributed by atoms with E-state index in [9.17, 15) is 10.3 Å². The molecule has 2 aliphatic rings. The summed E-state index contributed by atoms with van der Waals surface area (Å²) >= 11 is 18.2. The Morgan fingerprint density at radius 1 is 0.650 bits per heavy atom. The maximum atomic E-state index is 13.8. The van der Waals surface area contributed by atoms with Gasteiger partial charge in [0.05, 0.1) is 37.6 Å². The summed E-state index contributed by atoms with van der Waals surface area (Å²) in [5, 5.41) is 12.7. The van der Waals surface area contributed by atoms with Gasteiger partial charge in [-0.05, 0) is 47.2 Å². The van der Waals surface area contributed by atoms with Gasteiger partial charge in [0.2, 0.25) is 12.2 Å². The van der Waals surface area contributed by atoms with Crippen LogP contribution in [0.1, 0.15) is 53.7 Å². The summed E-state index contributed by atoms with van der Waals surface area (Å²) in [6.07, 6.45) is -8.55.